The Hall–Kier alpha value is -2.55. The molecule has 2 unspecified atom stereocenters. The van der Waals surface area contributed by atoms with Crippen molar-refractivity contribution in [1.29, 1.82) is 0 Å². The number of phosphoric acid groups is 1. The molecule has 0 rings (SSSR count). The summed E-state index contributed by atoms with van der Waals surface area (Å²) in [4.78, 5) is 35.4. The molecule has 0 spiro atoms. The molecule has 9 nitrogen and oxygen atoms in total. The first-order valence-corrected chi connectivity index (χ1v) is 26.2. The van der Waals surface area contributed by atoms with Gasteiger partial charge in [0, 0.05) is 6.42 Å². The number of carbonyl (C=O) groups is 2. The monoisotopic (exact) mass is 891 g/mol. The summed E-state index contributed by atoms with van der Waals surface area (Å²) in [7, 11) is 1.41. The molecule has 0 aromatic heterocycles. The summed E-state index contributed by atoms with van der Waals surface area (Å²) in [5.41, 5.74) is 0. The first-order chi connectivity index (χ1) is 30.0. The van der Waals surface area contributed by atoms with Gasteiger partial charge < -0.3 is 18.9 Å². The average Bonchev–Trinajstić information content (AvgIpc) is 3.23. The summed E-state index contributed by atoms with van der Waals surface area (Å²) in [5.74, 6) is -0.948. The molecule has 62 heavy (non-hydrogen) atoms. The van der Waals surface area contributed by atoms with E-state index in [0.717, 1.165) is 44.9 Å². The first kappa shape index (κ1) is 59.5. The van der Waals surface area contributed by atoms with Gasteiger partial charge in [-0.25, -0.2) is 4.57 Å². The van der Waals surface area contributed by atoms with Crippen molar-refractivity contribution in [3.05, 3.63) is 72.9 Å². The average molecular weight is 891 g/mol. The van der Waals surface area contributed by atoms with E-state index < -0.39 is 32.5 Å². The maximum atomic E-state index is 12.7. The summed E-state index contributed by atoms with van der Waals surface area (Å²) < 4.78 is 34.2. The highest BCUT2D eigenvalue weighted by Crippen LogP contribution is 2.43. The molecule has 10 heteroatoms. The second kappa shape index (κ2) is 43.7. The van der Waals surface area contributed by atoms with Crippen LogP contribution in [0.25, 0.3) is 0 Å². The van der Waals surface area contributed by atoms with Gasteiger partial charge in [0.1, 0.15) is 19.8 Å². The van der Waals surface area contributed by atoms with E-state index in [9.17, 15) is 19.0 Å². The molecule has 1 N–H and O–H groups in total. The van der Waals surface area contributed by atoms with Crippen molar-refractivity contribution in [3.63, 3.8) is 0 Å². The van der Waals surface area contributed by atoms with Crippen LogP contribution >= 0.6 is 7.82 Å². The SMILES string of the molecule is CC/C=C\C/C=C\C/C=C\C/C=C\C/C=C\CC(=O)OC(COC(=O)CCCCCCCCCCCCC/C=C\CCCCCCCCCC)COP(=O)(O)OCC[N+](C)(C)C. The van der Waals surface area contributed by atoms with Gasteiger partial charge >= 0.3 is 19.8 Å². The van der Waals surface area contributed by atoms with E-state index in [-0.39, 0.29) is 26.1 Å². The number of phosphoric ester groups is 1. The fourth-order valence-corrected chi connectivity index (χ4v) is 7.18. The summed E-state index contributed by atoms with van der Waals surface area (Å²) in [5, 5.41) is 0. The molecule has 0 fully saturated rings. The quantitative estimate of drug-likeness (QED) is 0.0212. The van der Waals surface area contributed by atoms with Crippen LogP contribution in [-0.2, 0) is 32.7 Å². The number of allylic oxidation sites excluding steroid dienone is 11. The first-order valence-electron chi connectivity index (χ1n) is 24.7. The highest BCUT2D eigenvalue weighted by atomic mass is 31.2. The van der Waals surface area contributed by atoms with Crippen molar-refractivity contribution in [2.45, 2.75) is 200 Å². The van der Waals surface area contributed by atoms with Crippen LogP contribution < -0.4 is 0 Å². The van der Waals surface area contributed by atoms with Crippen molar-refractivity contribution < 1.29 is 42.1 Å². The van der Waals surface area contributed by atoms with Gasteiger partial charge in [-0.05, 0) is 64.2 Å². The number of likely N-dealkylation sites (N-methyl/N-ethyl adjacent to an activating group) is 1. The van der Waals surface area contributed by atoms with Gasteiger partial charge in [0.15, 0.2) is 6.10 Å². The van der Waals surface area contributed by atoms with Gasteiger partial charge in [0.05, 0.1) is 34.2 Å². The Balaban J connectivity index is 4.31. The van der Waals surface area contributed by atoms with Crippen LogP contribution in [0.1, 0.15) is 194 Å². The van der Waals surface area contributed by atoms with Gasteiger partial charge in [-0.15, -0.1) is 0 Å². The summed E-state index contributed by atoms with van der Waals surface area (Å²) in [6, 6.07) is 0. The normalized spacial score (nSPS) is 14.1. The van der Waals surface area contributed by atoms with E-state index >= 15 is 0 Å². The van der Waals surface area contributed by atoms with Crippen LogP contribution in [0, 0.1) is 0 Å². The molecule has 0 aliphatic heterocycles. The van der Waals surface area contributed by atoms with E-state index in [1.54, 1.807) is 6.08 Å². The zero-order chi connectivity index (χ0) is 45.7. The number of hydrogen-bond donors (Lipinski definition) is 1. The molecule has 0 saturated heterocycles. The number of quaternary nitrogens is 1. The highest BCUT2D eigenvalue weighted by Gasteiger charge is 2.27. The third kappa shape index (κ3) is 46.9. The standard InChI is InChI=1S/C52H92NO8P/c1-6-8-10-12-14-16-18-20-22-23-24-25-26-27-28-29-31-32-34-36-38-40-42-44-51(54)58-48-50(49-60-62(56,57)59-47-46-53(3,4)5)61-52(55)45-43-41-39-37-35-33-30-21-19-17-15-13-11-9-7-2/h9,11,15,17,21,23-24,30,35,37,41,43,50H,6-8,10,12-14,16,18-20,22,25-29,31-34,36,38-40,42,44-49H2,1-5H3/p+1/b11-9-,17-15-,24-23-,30-21-,37-35-,43-41-. The lowest BCUT2D eigenvalue weighted by Gasteiger charge is -2.24. The maximum Gasteiger partial charge on any atom is 0.472 e. The van der Waals surface area contributed by atoms with Gasteiger partial charge in [0.2, 0.25) is 0 Å². The van der Waals surface area contributed by atoms with Crippen molar-refractivity contribution in [1.82, 2.24) is 0 Å². The molecule has 2 atom stereocenters. The molecular weight excluding hydrogens is 798 g/mol. The Kier molecular flexibility index (Phi) is 41.9. The van der Waals surface area contributed by atoms with Crippen LogP contribution in [0.15, 0.2) is 72.9 Å². The van der Waals surface area contributed by atoms with Crippen molar-refractivity contribution in [3.8, 4) is 0 Å². The molecule has 0 bridgehead atoms. The predicted octanol–water partition coefficient (Wildman–Crippen LogP) is 14.6. The zero-order valence-electron chi connectivity index (χ0n) is 40.3. The molecule has 0 aliphatic rings. The number of ether oxygens (including phenoxy) is 2. The minimum atomic E-state index is -4.41. The number of hydrogen-bond acceptors (Lipinski definition) is 7. The van der Waals surface area contributed by atoms with Crippen molar-refractivity contribution >= 4 is 19.8 Å². The Morgan fingerprint density at radius 3 is 1.44 bits per heavy atom. The van der Waals surface area contributed by atoms with E-state index in [4.69, 9.17) is 18.5 Å². The Bertz CT molecular complexity index is 1280. The van der Waals surface area contributed by atoms with Crippen LogP contribution in [0.5, 0.6) is 0 Å². The lowest BCUT2D eigenvalue weighted by atomic mass is 10.0. The third-order valence-corrected chi connectivity index (χ3v) is 11.2. The Morgan fingerprint density at radius 2 is 0.968 bits per heavy atom. The fraction of sp³-hybridized carbons (Fsp3) is 0.731. The fourth-order valence-electron chi connectivity index (χ4n) is 6.44. The summed E-state index contributed by atoms with van der Waals surface area (Å²) >= 11 is 0. The molecule has 0 radical (unpaired) electrons. The minimum Gasteiger partial charge on any atom is -0.462 e. The second-order valence-corrected chi connectivity index (χ2v) is 18.9. The van der Waals surface area contributed by atoms with Crippen LogP contribution in [0.3, 0.4) is 0 Å². The molecule has 0 amide bonds. The Labute approximate surface area is 380 Å². The molecule has 0 aromatic rings. The number of unbranched alkanes of at least 4 members (excludes halogenated alkanes) is 19. The van der Waals surface area contributed by atoms with E-state index in [0.29, 0.717) is 17.4 Å². The topological polar surface area (TPSA) is 108 Å². The van der Waals surface area contributed by atoms with Gasteiger partial charge in [0.25, 0.3) is 0 Å². The van der Waals surface area contributed by atoms with Crippen LogP contribution in [0.4, 0.5) is 0 Å². The molecule has 358 valence electrons. The summed E-state index contributed by atoms with van der Waals surface area (Å²) in [6.45, 7) is 4.20. The van der Waals surface area contributed by atoms with Crippen molar-refractivity contribution in [2.24, 2.45) is 0 Å². The molecule has 0 aliphatic carbocycles. The predicted molar refractivity (Wildman–Crippen MR) is 261 cm³/mol. The minimum absolute atomic E-state index is 0.00603. The highest BCUT2D eigenvalue weighted by molar-refractivity contribution is 7.47. The lowest BCUT2D eigenvalue weighted by Crippen LogP contribution is -2.37. The number of esters is 2. The van der Waals surface area contributed by atoms with Gasteiger partial charge in [-0.2, -0.15) is 0 Å². The maximum absolute atomic E-state index is 12.7. The molecule has 0 saturated carbocycles. The van der Waals surface area contributed by atoms with Gasteiger partial charge in [-0.1, -0.05) is 189 Å². The number of rotatable bonds is 44. The van der Waals surface area contributed by atoms with Gasteiger partial charge in [-0.3, -0.25) is 18.6 Å². The van der Waals surface area contributed by atoms with E-state index in [1.807, 2.05) is 33.3 Å². The Morgan fingerprint density at radius 1 is 0.532 bits per heavy atom. The largest absolute Gasteiger partial charge is 0.472 e. The van der Waals surface area contributed by atoms with E-state index in [2.05, 4.69) is 68.5 Å². The third-order valence-electron chi connectivity index (χ3n) is 10.3. The van der Waals surface area contributed by atoms with Crippen molar-refractivity contribution in [2.75, 3.05) is 47.5 Å². The lowest BCUT2D eigenvalue weighted by molar-refractivity contribution is -0.870. The van der Waals surface area contributed by atoms with E-state index in [1.165, 1.54) is 116 Å². The van der Waals surface area contributed by atoms with Crippen LogP contribution in [-0.4, -0.2) is 74.9 Å². The number of carbonyl (C=O) groups excluding carboxylic acids is 2. The molecular formula is C52H93NO8P+. The number of nitrogens with zero attached hydrogens (tertiary/aromatic N) is 1. The smallest absolute Gasteiger partial charge is 0.462 e. The second-order valence-electron chi connectivity index (χ2n) is 17.5. The molecule has 0 aromatic carbocycles. The zero-order valence-corrected chi connectivity index (χ0v) is 41.2. The molecule has 0 heterocycles. The van der Waals surface area contributed by atoms with Crippen LogP contribution in [0.2, 0.25) is 0 Å². The summed E-state index contributed by atoms with van der Waals surface area (Å²) in [6.07, 6.45) is 55.7.